The van der Waals surface area contributed by atoms with Crippen molar-refractivity contribution in [1.29, 1.82) is 0 Å². The average Bonchev–Trinajstić information content (AvgIpc) is 2.40. The Morgan fingerprint density at radius 3 is 2.45 bits per heavy atom. The van der Waals surface area contributed by atoms with Gasteiger partial charge >= 0.3 is 12.2 Å². The Morgan fingerprint density at radius 2 is 1.85 bits per heavy atom. The van der Waals surface area contributed by atoms with Gasteiger partial charge in [0.25, 0.3) is 0 Å². The summed E-state index contributed by atoms with van der Waals surface area (Å²) < 4.78 is 51.3. The second kappa shape index (κ2) is 5.68. The fraction of sp³-hybridized carbons (Fsp3) is 0.462. The Hall–Kier alpha value is -1.79. The highest BCUT2D eigenvalue weighted by atomic mass is 19.4. The van der Waals surface area contributed by atoms with Gasteiger partial charge in [0, 0.05) is 12.2 Å². The Kier molecular flexibility index (Phi) is 4.15. The van der Waals surface area contributed by atoms with Crippen LogP contribution in [0.2, 0.25) is 0 Å². The second-order valence-electron chi connectivity index (χ2n) is 4.68. The molecule has 2 rings (SSSR count). The quantitative estimate of drug-likeness (QED) is 0.784. The van der Waals surface area contributed by atoms with Crippen molar-refractivity contribution in [3.8, 4) is 0 Å². The third-order valence-electron chi connectivity index (χ3n) is 3.24. The van der Waals surface area contributed by atoms with Gasteiger partial charge in [0.2, 0.25) is 0 Å². The van der Waals surface area contributed by atoms with E-state index in [2.05, 4.69) is 5.32 Å². The summed E-state index contributed by atoms with van der Waals surface area (Å²) in [5, 5.41) is 2.36. The van der Waals surface area contributed by atoms with Gasteiger partial charge in [-0.15, -0.1) is 0 Å². The summed E-state index contributed by atoms with van der Waals surface area (Å²) in [6.45, 7) is 0.0667. The van der Waals surface area contributed by atoms with E-state index in [9.17, 15) is 22.4 Å². The van der Waals surface area contributed by atoms with E-state index in [4.69, 9.17) is 0 Å². The molecule has 1 atom stereocenters. The number of hydrogen-bond acceptors (Lipinski definition) is 1. The minimum atomic E-state index is -4.43. The van der Waals surface area contributed by atoms with E-state index >= 15 is 0 Å². The lowest BCUT2D eigenvalue weighted by Crippen LogP contribution is -2.52. The fourth-order valence-electron chi connectivity index (χ4n) is 2.24. The zero-order valence-corrected chi connectivity index (χ0v) is 10.6. The third kappa shape index (κ3) is 3.40. The van der Waals surface area contributed by atoms with Crippen LogP contribution in [0.4, 0.5) is 28.0 Å². The first-order valence-electron chi connectivity index (χ1n) is 6.28. The summed E-state index contributed by atoms with van der Waals surface area (Å²) >= 11 is 0. The van der Waals surface area contributed by atoms with Crippen molar-refractivity contribution in [3.63, 3.8) is 0 Å². The molecule has 1 N–H and O–H groups in total. The van der Waals surface area contributed by atoms with Crippen LogP contribution in [0.3, 0.4) is 0 Å². The van der Waals surface area contributed by atoms with Gasteiger partial charge < -0.3 is 10.2 Å². The summed E-state index contributed by atoms with van der Waals surface area (Å²) in [6, 6.07) is 2.31. The van der Waals surface area contributed by atoms with Gasteiger partial charge in [-0.05, 0) is 43.5 Å². The number of halogens is 4. The molecule has 1 aromatic carbocycles. The number of urea groups is 1. The van der Waals surface area contributed by atoms with Crippen molar-refractivity contribution in [2.75, 3.05) is 11.9 Å². The van der Waals surface area contributed by atoms with Gasteiger partial charge in [0.15, 0.2) is 0 Å². The van der Waals surface area contributed by atoms with Gasteiger partial charge in [-0.3, -0.25) is 0 Å². The predicted molar refractivity (Wildman–Crippen MR) is 65.8 cm³/mol. The topological polar surface area (TPSA) is 32.3 Å². The highest BCUT2D eigenvalue weighted by molar-refractivity contribution is 5.89. The molecule has 1 heterocycles. The number of rotatable bonds is 1. The van der Waals surface area contributed by atoms with Crippen molar-refractivity contribution < 1.29 is 22.4 Å². The van der Waals surface area contributed by atoms with E-state index in [1.54, 1.807) is 0 Å². The monoisotopic (exact) mass is 290 g/mol. The SMILES string of the molecule is O=C(Nc1ccc(F)cc1)N1CCCCC1C(F)(F)F. The molecule has 0 spiro atoms. The summed E-state index contributed by atoms with van der Waals surface area (Å²) in [5.74, 6) is -0.478. The van der Waals surface area contributed by atoms with Crippen LogP contribution in [-0.4, -0.2) is 29.7 Å². The molecule has 1 saturated heterocycles. The van der Waals surface area contributed by atoms with Crippen molar-refractivity contribution in [2.45, 2.75) is 31.5 Å². The molecule has 1 aromatic rings. The van der Waals surface area contributed by atoms with Crippen LogP contribution in [0.25, 0.3) is 0 Å². The fourth-order valence-corrected chi connectivity index (χ4v) is 2.24. The van der Waals surface area contributed by atoms with Crippen molar-refractivity contribution in [2.24, 2.45) is 0 Å². The molecule has 0 aromatic heterocycles. The van der Waals surface area contributed by atoms with Crippen LogP contribution in [0.15, 0.2) is 24.3 Å². The number of alkyl halides is 3. The third-order valence-corrected chi connectivity index (χ3v) is 3.24. The van der Waals surface area contributed by atoms with E-state index in [0.717, 1.165) is 17.0 Å². The number of hydrogen-bond donors (Lipinski definition) is 1. The Morgan fingerprint density at radius 1 is 1.20 bits per heavy atom. The van der Waals surface area contributed by atoms with Crippen molar-refractivity contribution in [3.05, 3.63) is 30.1 Å². The maximum absolute atomic E-state index is 12.9. The number of nitrogens with zero attached hydrogens (tertiary/aromatic N) is 1. The van der Waals surface area contributed by atoms with Gasteiger partial charge in [0.05, 0.1) is 0 Å². The lowest BCUT2D eigenvalue weighted by atomic mass is 10.0. The number of nitrogens with one attached hydrogen (secondary N) is 1. The predicted octanol–water partition coefficient (Wildman–Crippen LogP) is 3.77. The van der Waals surface area contributed by atoms with Crippen LogP contribution >= 0.6 is 0 Å². The molecule has 110 valence electrons. The van der Waals surface area contributed by atoms with Crippen molar-refractivity contribution >= 4 is 11.7 Å². The number of likely N-dealkylation sites (tertiary alicyclic amines) is 1. The van der Waals surface area contributed by atoms with Crippen LogP contribution in [0, 0.1) is 5.82 Å². The highest BCUT2D eigenvalue weighted by Gasteiger charge is 2.46. The molecule has 7 heteroatoms. The maximum atomic E-state index is 12.9. The first-order valence-corrected chi connectivity index (χ1v) is 6.28. The first-order chi connectivity index (χ1) is 9.38. The minimum Gasteiger partial charge on any atom is -0.312 e. The van der Waals surface area contributed by atoms with Gasteiger partial charge in [-0.2, -0.15) is 13.2 Å². The van der Waals surface area contributed by atoms with Gasteiger partial charge in [0.1, 0.15) is 11.9 Å². The zero-order chi connectivity index (χ0) is 14.8. The van der Waals surface area contributed by atoms with Crippen LogP contribution < -0.4 is 5.32 Å². The largest absolute Gasteiger partial charge is 0.408 e. The molecule has 0 bridgehead atoms. The molecule has 20 heavy (non-hydrogen) atoms. The summed E-state index contributed by atoms with van der Waals surface area (Å²) in [4.78, 5) is 12.7. The molecule has 1 unspecified atom stereocenters. The van der Waals surface area contributed by atoms with E-state index in [1.165, 1.54) is 12.1 Å². The number of benzene rings is 1. The average molecular weight is 290 g/mol. The lowest BCUT2D eigenvalue weighted by Gasteiger charge is -2.36. The lowest BCUT2D eigenvalue weighted by molar-refractivity contribution is -0.181. The van der Waals surface area contributed by atoms with Gasteiger partial charge in [-0.1, -0.05) is 0 Å². The maximum Gasteiger partial charge on any atom is 0.408 e. The summed E-state index contributed by atoms with van der Waals surface area (Å²) in [6.07, 6.45) is -3.52. The molecule has 2 amide bonds. The van der Waals surface area contributed by atoms with E-state index in [-0.39, 0.29) is 18.7 Å². The molecule has 0 radical (unpaired) electrons. The van der Waals surface area contributed by atoms with Gasteiger partial charge in [-0.25, -0.2) is 9.18 Å². The smallest absolute Gasteiger partial charge is 0.312 e. The van der Waals surface area contributed by atoms with Crippen LogP contribution in [0.1, 0.15) is 19.3 Å². The number of carbonyl (C=O) groups is 1. The number of amides is 2. The molecular weight excluding hydrogens is 276 g/mol. The van der Waals surface area contributed by atoms with E-state index < -0.39 is 24.1 Å². The highest BCUT2D eigenvalue weighted by Crippen LogP contribution is 2.32. The summed E-state index contributed by atoms with van der Waals surface area (Å²) in [5.41, 5.74) is 0.267. The number of piperidine rings is 1. The van der Waals surface area contributed by atoms with Crippen LogP contribution in [0.5, 0.6) is 0 Å². The molecule has 0 aliphatic carbocycles. The van der Waals surface area contributed by atoms with Crippen LogP contribution in [-0.2, 0) is 0 Å². The van der Waals surface area contributed by atoms with E-state index in [1.807, 2.05) is 0 Å². The Balaban J connectivity index is 2.08. The first kappa shape index (κ1) is 14.6. The minimum absolute atomic E-state index is 0.0667. The number of carbonyl (C=O) groups excluding carboxylic acids is 1. The molecular formula is C13H14F4N2O. The second-order valence-corrected chi connectivity index (χ2v) is 4.68. The Bertz CT molecular complexity index is 472. The zero-order valence-electron chi connectivity index (χ0n) is 10.6. The normalized spacial score (nSPS) is 19.8. The molecule has 1 fully saturated rings. The Labute approximate surface area is 113 Å². The standard InChI is InChI=1S/C13H14F4N2O/c14-9-4-6-10(7-5-9)18-12(20)19-8-2-1-3-11(19)13(15,16)17/h4-7,11H,1-3,8H2,(H,18,20). The summed E-state index contributed by atoms with van der Waals surface area (Å²) in [7, 11) is 0. The molecule has 1 aliphatic rings. The number of anilines is 1. The molecule has 0 saturated carbocycles. The van der Waals surface area contributed by atoms with E-state index in [0.29, 0.717) is 12.8 Å². The molecule has 1 aliphatic heterocycles. The molecule has 3 nitrogen and oxygen atoms in total. The van der Waals surface area contributed by atoms with Crippen molar-refractivity contribution in [1.82, 2.24) is 4.90 Å².